The van der Waals surface area contributed by atoms with Gasteiger partial charge in [0.2, 0.25) is 11.7 Å². The van der Waals surface area contributed by atoms with E-state index in [1.165, 1.54) is 18.2 Å². The van der Waals surface area contributed by atoms with Crippen LogP contribution >= 0.6 is 0 Å². The first-order valence-corrected chi connectivity index (χ1v) is 15.5. The minimum atomic E-state index is -3.86. The van der Waals surface area contributed by atoms with Crippen molar-refractivity contribution < 1.29 is 26.8 Å². The third-order valence-corrected chi connectivity index (χ3v) is 8.57. The molecule has 0 spiro atoms. The molecule has 6 rings (SSSR count). The van der Waals surface area contributed by atoms with E-state index in [0.717, 1.165) is 34.3 Å². The quantitative estimate of drug-likeness (QED) is 0.136. The van der Waals surface area contributed by atoms with Crippen molar-refractivity contribution in [2.45, 2.75) is 23.8 Å². The molecule has 1 unspecified atom stereocenters. The van der Waals surface area contributed by atoms with Gasteiger partial charge in [0.05, 0.1) is 17.4 Å². The van der Waals surface area contributed by atoms with E-state index in [1.54, 1.807) is 36.7 Å². The van der Waals surface area contributed by atoms with Crippen molar-refractivity contribution in [2.24, 2.45) is 0 Å². The summed E-state index contributed by atoms with van der Waals surface area (Å²) in [6.07, 6.45) is 3.58. The largest absolute Gasteiger partial charge is 0.387 e. The lowest BCUT2D eigenvalue weighted by Crippen LogP contribution is -2.23. The summed E-state index contributed by atoms with van der Waals surface area (Å²) in [6.45, 7) is 1.00. The number of H-pyrrole nitrogens is 1. The highest BCUT2D eigenvalue weighted by atomic mass is 32.2. The highest BCUT2D eigenvalue weighted by Gasteiger charge is 2.16. The number of nitrogens with zero attached hydrogens (tertiary/aromatic N) is 3. The Hall–Kier alpha value is -4.98. The minimum Gasteiger partial charge on any atom is -0.387 e. The Bertz CT molecular complexity index is 2030. The van der Waals surface area contributed by atoms with Crippen molar-refractivity contribution in [1.82, 2.24) is 25.4 Å². The first kappa shape index (κ1) is 30.1. The third kappa shape index (κ3) is 7.23. The number of rotatable bonds is 12. The van der Waals surface area contributed by atoms with E-state index >= 15 is 0 Å². The number of aliphatic hydroxyl groups excluding tert-OH is 1. The van der Waals surface area contributed by atoms with E-state index < -0.39 is 27.8 Å². The summed E-state index contributed by atoms with van der Waals surface area (Å²) in [6, 6.07) is 20.4. The molecule has 3 aromatic carbocycles. The Balaban J connectivity index is 0.993. The zero-order valence-electron chi connectivity index (χ0n) is 23.7. The predicted octanol–water partition coefficient (Wildman–Crippen LogP) is 5.15. The Morgan fingerprint density at radius 1 is 0.933 bits per heavy atom. The van der Waals surface area contributed by atoms with E-state index in [9.17, 15) is 22.3 Å². The van der Waals surface area contributed by atoms with Crippen LogP contribution in [0.25, 0.3) is 22.4 Å². The Kier molecular flexibility index (Phi) is 8.65. The fraction of sp³-hybridized carbons (Fsp3) is 0.156. The SMILES string of the molecule is O=S(=O)(Nc1ccc(CCNCC(O)c2cnc3[nH]ccc3c2)cc1)c1ccc(-c2noc(Cc3ccc(F)c(F)c3)n2)cc1. The predicted molar refractivity (Wildman–Crippen MR) is 164 cm³/mol. The van der Waals surface area contributed by atoms with Crippen LogP contribution in [0.15, 0.2) is 101 Å². The maximum Gasteiger partial charge on any atom is 0.261 e. The summed E-state index contributed by atoms with van der Waals surface area (Å²) in [4.78, 5) is 11.7. The first-order valence-electron chi connectivity index (χ1n) is 14.0. The number of pyridine rings is 1. The van der Waals surface area contributed by atoms with Gasteiger partial charge >= 0.3 is 0 Å². The van der Waals surface area contributed by atoms with E-state index in [2.05, 4.69) is 30.1 Å². The third-order valence-electron chi connectivity index (χ3n) is 7.17. The number of fused-ring (bicyclic) bond motifs is 1. The van der Waals surface area contributed by atoms with Crippen molar-refractivity contribution in [3.63, 3.8) is 0 Å². The molecule has 230 valence electrons. The summed E-state index contributed by atoms with van der Waals surface area (Å²) in [5.74, 6) is -1.47. The summed E-state index contributed by atoms with van der Waals surface area (Å²) in [5.41, 5.74) is 3.93. The molecule has 0 saturated carbocycles. The van der Waals surface area contributed by atoms with Crippen molar-refractivity contribution in [1.29, 1.82) is 0 Å². The first-order chi connectivity index (χ1) is 21.7. The smallest absolute Gasteiger partial charge is 0.261 e. The Labute approximate surface area is 257 Å². The molecular formula is C32H28F2N6O4S. The van der Waals surface area contributed by atoms with Crippen molar-refractivity contribution >= 4 is 26.7 Å². The number of sulfonamides is 1. The van der Waals surface area contributed by atoms with E-state index in [1.807, 2.05) is 24.3 Å². The number of anilines is 1. The molecule has 13 heteroatoms. The lowest BCUT2D eigenvalue weighted by Gasteiger charge is -2.12. The molecule has 4 N–H and O–H groups in total. The van der Waals surface area contributed by atoms with Gasteiger partial charge in [-0.15, -0.1) is 0 Å². The van der Waals surface area contributed by atoms with Crippen LogP contribution in [0.4, 0.5) is 14.5 Å². The molecule has 0 saturated heterocycles. The van der Waals surface area contributed by atoms with Crippen LogP contribution in [0.2, 0.25) is 0 Å². The van der Waals surface area contributed by atoms with E-state index in [-0.39, 0.29) is 23.0 Å². The Morgan fingerprint density at radius 3 is 2.49 bits per heavy atom. The van der Waals surface area contributed by atoms with Gasteiger partial charge in [0, 0.05) is 41.1 Å². The molecule has 3 aromatic heterocycles. The number of hydrogen-bond acceptors (Lipinski definition) is 8. The van der Waals surface area contributed by atoms with Crippen molar-refractivity contribution in [2.75, 3.05) is 17.8 Å². The van der Waals surface area contributed by atoms with Gasteiger partial charge < -0.3 is 19.9 Å². The number of aromatic nitrogens is 4. The molecule has 45 heavy (non-hydrogen) atoms. The van der Waals surface area contributed by atoms with Gasteiger partial charge in [-0.05, 0) is 84.8 Å². The van der Waals surface area contributed by atoms with Crippen LogP contribution in [-0.4, -0.2) is 46.7 Å². The summed E-state index contributed by atoms with van der Waals surface area (Å²) in [7, 11) is -3.86. The molecule has 3 heterocycles. The average Bonchev–Trinajstić information content (AvgIpc) is 3.71. The van der Waals surface area contributed by atoms with Crippen LogP contribution in [0.3, 0.4) is 0 Å². The summed E-state index contributed by atoms with van der Waals surface area (Å²) in [5, 5.41) is 18.6. The van der Waals surface area contributed by atoms with Crippen molar-refractivity contribution in [3.05, 3.63) is 125 Å². The fourth-order valence-electron chi connectivity index (χ4n) is 4.73. The molecule has 1 atom stereocenters. The number of benzene rings is 3. The van der Waals surface area contributed by atoms with E-state index in [0.29, 0.717) is 36.3 Å². The maximum absolute atomic E-state index is 13.5. The zero-order chi connectivity index (χ0) is 31.4. The molecule has 0 aliphatic rings. The molecule has 0 aliphatic heterocycles. The molecule has 0 aliphatic carbocycles. The second-order valence-electron chi connectivity index (χ2n) is 10.4. The van der Waals surface area contributed by atoms with Gasteiger partial charge in [-0.2, -0.15) is 4.98 Å². The fourth-order valence-corrected chi connectivity index (χ4v) is 5.79. The van der Waals surface area contributed by atoms with Gasteiger partial charge in [-0.25, -0.2) is 22.2 Å². The minimum absolute atomic E-state index is 0.0504. The summed E-state index contributed by atoms with van der Waals surface area (Å²) < 4.78 is 60.4. The van der Waals surface area contributed by atoms with Crippen LogP contribution < -0.4 is 10.0 Å². The number of halogens is 2. The molecule has 6 aromatic rings. The van der Waals surface area contributed by atoms with Crippen LogP contribution in [0.1, 0.15) is 28.7 Å². The second-order valence-corrected chi connectivity index (χ2v) is 12.1. The molecular weight excluding hydrogens is 602 g/mol. The lowest BCUT2D eigenvalue weighted by atomic mass is 10.1. The van der Waals surface area contributed by atoms with Gasteiger partial charge in [0.1, 0.15) is 5.65 Å². The highest BCUT2D eigenvalue weighted by molar-refractivity contribution is 7.92. The van der Waals surface area contributed by atoms with Crippen LogP contribution in [0, 0.1) is 11.6 Å². The van der Waals surface area contributed by atoms with Crippen molar-refractivity contribution in [3.8, 4) is 11.4 Å². The maximum atomic E-state index is 13.5. The number of nitrogens with one attached hydrogen (secondary N) is 3. The highest BCUT2D eigenvalue weighted by Crippen LogP contribution is 2.23. The number of hydrogen-bond donors (Lipinski definition) is 4. The topological polar surface area (TPSA) is 146 Å². The Morgan fingerprint density at radius 2 is 1.71 bits per heavy atom. The van der Waals surface area contributed by atoms with Gasteiger partial charge in [0.25, 0.3) is 10.0 Å². The van der Waals surface area contributed by atoms with Gasteiger partial charge in [-0.1, -0.05) is 23.4 Å². The standard InChI is InChI=1S/C32H28F2N6O4S/c33-27-10-3-21(15-28(27)34)16-30-38-32(39-44-30)22-4-8-26(9-5-22)45(42,43)40-25-6-1-20(2-7-25)11-13-35-19-29(41)24-17-23-12-14-36-31(23)37-18-24/h1-10,12,14-15,17-18,29,35,40-41H,11,13,16,19H2,(H,36,37). The van der Waals surface area contributed by atoms with E-state index in [4.69, 9.17) is 4.52 Å². The number of aromatic amines is 1. The molecule has 0 bridgehead atoms. The van der Waals surface area contributed by atoms with Crippen LogP contribution in [0.5, 0.6) is 0 Å². The lowest BCUT2D eigenvalue weighted by molar-refractivity contribution is 0.175. The average molecular weight is 631 g/mol. The number of aliphatic hydroxyl groups is 1. The normalized spacial score (nSPS) is 12.4. The molecule has 0 fully saturated rings. The van der Waals surface area contributed by atoms with Gasteiger partial charge in [0.15, 0.2) is 11.6 Å². The second kappa shape index (κ2) is 12.9. The van der Waals surface area contributed by atoms with Crippen LogP contribution in [-0.2, 0) is 22.9 Å². The molecule has 0 amide bonds. The monoisotopic (exact) mass is 630 g/mol. The molecule has 10 nitrogen and oxygen atoms in total. The zero-order valence-corrected chi connectivity index (χ0v) is 24.6. The summed E-state index contributed by atoms with van der Waals surface area (Å²) >= 11 is 0. The van der Waals surface area contributed by atoms with Gasteiger partial charge in [-0.3, -0.25) is 4.72 Å². The molecule has 0 radical (unpaired) electrons.